The molecule has 0 aliphatic carbocycles. The summed E-state index contributed by atoms with van der Waals surface area (Å²) in [6.45, 7) is 0. The average molecular weight is 317 g/mol. The molecule has 0 radical (unpaired) electrons. The Morgan fingerprint density at radius 3 is 2.52 bits per heavy atom. The number of benzene rings is 2. The molecule has 3 rings (SSSR count). The van der Waals surface area contributed by atoms with Crippen molar-refractivity contribution in [2.24, 2.45) is 5.73 Å². The Labute approximate surface area is 132 Å². The van der Waals surface area contributed by atoms with Crippen molar-refractivity contribution in [2.75, 3.05) is 0 Å². The van der Waals surface area contributed by atoms with Crippen LogP contribution in [-0.4, -0.2) is 0 Å². The van der Waals surface area contributed by atoms with Crippen LogP contribution in [0.5, 0.6) is 5.75 Å². The zero-order valence-electron chi connectivity index (χ0n) is 10.8. The summed E-state index contributed by atoms with van der Waals surface area (Å²) in [6, 6.07) is 14.9. The number of ether oxygens (including phenoxy) is 1. The Kier molecular flexibility index (Phi) is 3.50. The number of hydrogen-bond acceptors (Lipinski definition) is 3. The van der Waals surface area contributed by atoms with Crippen molar-refractivity contribution in [1.29, 1.82) is 5.26 Å². The first kappa shape index (κ1) is 13.8. The van der Waals surface area contributed by atoms with Gasteiger partial charge in [-0.05, 0) is 17.7 Å². The van der Waals surface area contributed by atoms with Crippen molar-refractivity contribution in [1.82, 2.24) is 0 Å². The molecule has 0 unspecified atom stereocenters. The predicted octanol–water partition coefficient (Wildman–Crippen LogP) is 4.21. The van der Waals surface area contributed by atoms with Crippen LogP contribution in [0.15, 0.2) is 53.9 Å². The molecular weight excluding hydrogens is 307 g/mol. The first-order chi connectivity index (χ1) is 10.1. The second-order valence-corrected chi connectivity index (χ2v) is 5.39. The molecule has 0 fully saturated rings. The van der Waals surface area contributed by atoms with Gasteiger partial charge in [-0.2, -0.15) is 5.26 Å². The lowest BCUT2D eigenvalue weighted by Crippen LogP contribution is -2.21. The monoisotopic (exact) mass is 316 g/mol. The first-order valence-corrected chi connectivity index (χ1v) is 6.99. The number of nitriles is 1. The minimum Gasteiger partial charge on any atom is -0.440 e. The van der Waals surface area contributed by atoms with Gasteiger partial charge in [0, 0.05) is 5.56 Å². The van der Waals surface area contributed by atoms with Gasteiger partial charge in [0.15, 0.2) is 0 Å². The average Bonchev–Trinajstić information content (AvgIpc) is 2.49. The molecular formula is C16H10Cl2N2O. The Hall–Kier alpha value is -2.15. The maximum atomic E-state index is 9.44. The van der Waals surface area contributed by atoms with Crippen LogP contribution in [0, 0.1) is 11.3 Å². The summed E-state index contributed by atoms with van der Waals surface area (Å²) < 4.78 is 5.52. The summed E-state index contributed by atoms with van der Waals surface area (Å²) in [5.41, 5.74) is 7.79. The molecule has 2 aromatic rings. The van der Waals surface area contributed by atoms with Crippen molar-refractivity contribution < 1.29 is 4.74 Å². The van der Waals surface area contributed by atoms with E-state index in [9.17, 15) is 5.26 Å². The molecule has 1 aliphatic heterocycles. The molecule has 2 N–H and O–H groups in total. The second kappa shape index (κ2) is 5.33. The van der Waals surface area contributed by atoms with E-state index in [0.717, 1.165) is 11.1 Å². The first-order valence-electron chi connectivity index (χ1n) is 6.24. The number of para-hydroxylation sites is 1. The van der Waals surface area contributed by atoms with Gasteiger partial charge in [0.25, 0.3) is 0 Å². The van der Waals surface area contributed by atoms with Crippen molar-refractivity contribution >= 4 is 23.2 Å². The molecule has 1 heterocycles. The molecule has 0 aromatic heterocycles. The van der Waals surface area contributed by atoms with Crippen LogP contribution in [-0.2, 0) is 0 Å². The molecule has 104 valence electrons. The van der Waals surface area contributed by atoms with Gasteiger partial charge < -0.3 is 10.5 Å². The van der Waals surface area contributed by atoms with E-state index in [1.165, 1.54) is 0 Å². The van der Waals surface area contributed by atoms with Gasteiger partial charge >= 0.3 is 0 Å². The van der Waals surface area contributed by atoms with Gasteiger partial charge in [-0.3, -0.25) is 0 Å². The molecule has 0 bridgehead atoms. The van der Waals surface area contributed by atoms with Gasteiger partial charge in [0.05, 0.1) is 16.0 Å². The Balaban J connectivity index is 2.28. The summed E-state index contributed by atoms with van der Waals surface area (Å²) in [5, 5.41) is 10.3. The highest BCUT2D eigenvalue weighted by molar-refractivity contribution is 6.42. The van der Waals surface area contributed by atoms with Crippen LogP contribution in [0.2, 0.25) is 10.0 Å². The highest BCUT2D eigenvalue weighted by Crippen LogP contribution is 2.45. The topological polar surface area (TPSA) is 59.0 Å². The second-order valence-electron chi connectivity index (χ2n) is 4.61. The molecule has 0 saturated heterocycles. The van der Waals surface area contributed by atoms with Gasteiger partial charge in [0.2, 0.25) is 5.88 Å². The number of nitrogens with two attached hydrogens (primary N) is 1. The van der Waals surface area contributed by atoms with Crippen molar-refractivity contribution in [3.05, 3.63) is 75.1 Å². The summed E-state index contributed by atoms with van der Waals surface area (Å²) in [6.07, 6.45) is 0. The highest BCUT2D eigenvalue weighted by atomic mass is 35.5. The van der Waals surface area contributed by atoms with Crippen LogP contribution < -0.4 is 10.5 Å². The predicted molar refractivity (Wildman–Crippen MR) is 82.2 cm³/mol. The number of hydrogen-bond donors (Lipinski definition) is 1. The van der Waals surface area contributed by atoms with Crippen molar-refractivity contribution in [3.8, 4) is 11.8 Å². The quantitative estimate of drug-likeness (QED) is 0.857. The number of halogens is 2. The third kappa shape index (κ3) is 2.23. The molecule has 21 heavy (non-hydrogen) atoms. The van der Waals surface area contributed by atoms with E-state index >= 15 is 0 Å². The van der Waals surface area contributed by atoms with E-state index in [1.807, 2.05) is 30.3 Å². The van der Waals surface area contributed by atoms with E-state index in [0.29, 0.717) is 21.4 Å². The normalized spacial score (nSPS) is 16.9. The number of fused-ring (bicyclic) bond motifs is 1. The Morgan fingerprint density at radius 2 is 1.76 bits per heavy atom. The van der Waals surface area contributed by atoms with E-state index in [4.69, 9.17) is 33.7 Å². The molecule has 0 spiro atoms. The fraction of sp³-hybridized carbons (Fsp3) is 0.0625. The van der Waals surface area contributed by atoms with Gasteiger partial charge in [-0.1, -0.05) is 53.5 Å². The molecule has 0 saturated carbocycles. The number of allylic oxidation sites excluding steroid dienone is 1. The van der Waals surface area contributed by atoms with E-state index in [2.05, 4.69) is 6.07 Å². The lowest BCUT2D eigenvalue weighted by Gasteiger charge is -2.27. The summed E-state index contributed by atoms with van der Waals surface area (Å²) in [5.74, 6) is 0.332. The lowest BCUT2D eigenvalue weighted by molar-refractivity contribution is 0.393. The zero-order valence-corrected chi connectivity index (χ0v) is 12.3. The molecule has 0 amide bonds. The summed E-state index contributed by atoms with van der Waals surface area (Å²) in [7, 11) is 0. The van der Waals surface area contributed by atoms with Gasteiger partial charge in [-0.25, -0.2) is 0 Å². The van der Waals surface area contributed by atoms with Crippen LogP contribution in [0.1, 0.15) is 17.0 Å². The van der Waals surface area contributed by atoms with E-state index in [-0.39, 0.29) is 11.8 Å². The van der Waals surface area contributed by atoms with Gasteiger partial charge in [0.1, 0.15) is 17.4 Å². The maximum absolute atomic E-state index is 9.44. The van der Waals surface area contributed by atoms with Crippen LogP contribution in [0.25, 0.3) is 0 Å². The fourth-order valence-corrected chi connectivity index (χ4v) is 2.89. The fourth-order valence-electron chi connectivity index (χ4n) is 2.47. The maximum Gasteiger partial charge on any atom is 0.205 e. The standard InChI is InChI=1S/C16H10Cl2N2O/c17-12-6-3-5-10(15(12)18)14-9-4-1-2-7-13(9)21-16(20)11(14)8-19/h1-7,14H,20H2/t14-/m1/s1. The number of nitrogens with zero attached hydrogens (tertiary/aromatic N) is 1. The third-order valence-corrected chi connectivity index (χ3v) is 4.25. The molecule has 2 aromatic carbocycles. The lowest BCUT2D eigenvalue weighted by atomic mass is 9.83. The molecule has 1 atom stereocenters. The molecule has 3 nitrogen and oxygen atoms in total. The minimum absolute atomic E-state index is 0.0947. The molecule has 1 aliphatic rings. The summed E-state index contributed by atoms with van der Waals surface area (Å²) in [4.78, 5) is 0. The van der Waals surface area contributed by atoms with Crippen molar-refractivity contribution in [2.45, 2.75) is 5.92 Å². The summed E-state index contributed by atoms with van der Waals surface area (Å²) >= 11 is 12.4. The van der Waals surface area contributed by atoms with Gasteiger partial charge in [-0.15, -0.1) is 0 Å². The number of rotatable bonds is 1. The minimum atomic E-state index is -0.383. The van der Waals surface area contributed by atoms with Crippen LogP contribution in [0.4, 0.5) is 0 Å². The SMILES string of the molecule is N#CC1=C(N)Oc2ccccc2[C@@H]1c1cccc(Cl)c1Cl. The van der Waals surface area contributed by atoms with E-state index in [1.54, 1.807) is 12.1 Å². The smallest absolute Gasteiger partial charge is 0.205 e. The molecule has 5 heteroatoms. The van der Waals surface area contributed by atoms with E-state index < -0.39 is 0 Å². The Morgan fingerprint density at radius 1 is 1.05 bits per heavy atom. The van der Waals surface area contributed by atoms with Crippen LogP contribution in [0.3, 0.4) is 0 Å². The van der Waals surface area contributed by atoms with Crippen LogP contribution >= 0.6 is 23.2 Å². The Bertz CT molecular complexity index is 793. The third-order valence-electron chi connectivity index (χ3n) is 3.42. The largest absolute Gasteiger partial charge is 0.440 e. The zero-order chi connectivity index (χ0) is 15.0. The van der Waals surface area contributed by atoms with Crippen molar-refractivity contribution in [3.63, 3.8) is 0 Å². The highest BCUT2D eigenvalue weighted by Gasteiger charge is 2.31.